The summed E-state index contributed by atoms with van der Waals surface area (Å²) in [5, 5.41) is 5.57. The van der Waals surface area contributed by atoms with E-state index in [1.807, 2.05) is 0 Å². The van der Waals surface area contributed by atoms with Gasteiger partial charge in [-0.05, 0) is 24.3 Å². The van der Waals surface area contributed by atoms with Gasteiger partial charge >= 0.3 is 5.97 Å². The number of benzene rings is 1. The Kier molecular flexibility index (Phi) is 4.94. The first-order valence-electron chi connectivity index (χ1n) is 8.28. The number of hydrogen-bond acceptors (Lipinski definition) is 8. The number of ether oxygens (including phenoxy) is 1. The molecule has 0 N–H and O–H groups in total. The average molecular weight is 400 g/mol. The van der Waals surface area contributed by atoms with E-state index in [1.165, 1.54) is 46.1 Å². The Hall–Kier alpha value is -3.40. The van der Waals surface area contributed by atoms with Crippen LogP contribution in [0.15, 0.2) is 51.2 Å². The molecule has 0 aliphatic carbocycles. The van der Waals surface area contributed by atoms with Crippen molar-refractivity contribution >= 4 is 22.3 Å². The molecule has 4 rings (SSSR count). The number of hydrogen-bond donors (Lipinski definition) is 0. The van der Waals surface area contributed by atoms with Gasteiger partial charge in [0.05, 0.1) is 12.1 Å². The minimum atomic E-state index is -0.477. The van der Waals surface area contributed by atoms with E-state index >= 15 is 0 Å². The van der Waals surface area contributed by atoms with Crippen LogP contribution in [0.1, 0.15) is 18.0 Å². The molecule has 0 radical (unpaired) electrons. The number of aromatic nitrogens is 4. The lowest BCUT2D eigenvalue weighted by atomic mass is 10.2. The Morgan fingerprint density at radius 2 is 2.07 bits per heavy atom. The van der Waals surface area contributed by atoms with Gasteiger partial charge in [0.15, 0.2) is 4.96 Å². The molecule has 0 saturated heterocycles. The lowest BCUT2D eigenvalue weighted by Crippen LogP contribution is -2.14. The zero-order chi connectivity index (χ0) is 19.5. The summed E-state index contributed by atoms with van der Waals surface area (Å²) in [4.78, 5) is 32.8. The zero-order valence-electron chi connectivity index (χ0n) is 14.4. The lowest BCUT2D eigenvalue weighted by Gasteiger charge is -2.03. The molecule has 0 spiro atoms. The van der Waals surface area contributed by atoms with Crippen molar-refractivity contribution in [2.24, 2.45) is 0 Å². The van der Waals surface area contributed by atoms with E-state index in [2.05, 4.69) is 15.1 Å². The van der Waals surface area contributed by atoms with Crippen molar-refractivity contribution in [2.75, 3.05) is 0 Å². The Morgan fingerprint density at radius 1 is 1.25 bits per heavy atom. The van der Waals surface area contributed by atoms with Crippen molar-refractivity contribution in [3.63, 3.8) is 0 Å². The standard InChI is InChI=1S/C18H13FN4O4S/c19-12-3-1-11(2-4-12)17-21-14(27-22-17)5-6-16(25)26-10-13-9-15(24)23-7-8-28-18(23)20-13/h1-4,7-9H,5-6,10H2. The minimum absolute atomic E-state index is 0.0330. The first-order valence-corrected chi connectivity index (χ1v) is 9.16. The number of fused-ring (bicyclic) bond motifs is 1. The van der Waals surface area contributed by atoms with Crippen molar-refractivity contribution in [3.8, 4) is 11.4 Å². The van der Waals surface area contributed by atoms with Crippen LogP contribution in [0, 0.1) is 5.82 Å². The molecule has 1 aromatic carbocycles. The molecule has 8 nitrogen and oxygen atoms in total. The summed E-state index contributed by atoms with van der Waals surface area (Å²) >= 11 is 1.32. The highest BCUT2D eigenvalue weighted by molar-refractivity contribution is 7.15. The summed E-state index contributed by atoms with van der Waals surface area (Å²) in [6.45, 7) is -0.0901. The lowest BCUT2D eigenvalue weighted by molar-refractivity contribution is -0.145. The summed E-state index contributed by atoms with van der Waals surface area (Å²) < 4.78 is 24.6. The van der Waals surface area contributed by atoms with Crippen LogP contribution in [0.5, 0.6) is 0 Å². The summed E-state index contributed by atoms with van der Waals surface area (Å²) in [5.74, 6) is -0.245. The molecule has 0 aliphatic heterocycles. The maximum atomic E-state index is 13.0. The molecule has 0 bridgehead atoms. The second-order valence-corrected chi connectivity index (χ2v) is 6.69. The van der Waals surface area contributed by atoms with Gasteiger partial charge in [-0.2, -0.15) is 4.98 Å². The van der Waals surface area contributed by atoms with E-state index in [1.54, 1.807) is 11.6 Å². The summed E-state index contributed by atoms with van der Waals surface area (Å²) in [6, 6.07) is 7.02. The van der Waals surface area contributed by atoms with Crippen molar-refractivity contribution in [2.45, 2.75) is 19.4 Å². The van der Waals surface area contributed by atoms with Gasteiger partial charge in [0.25, 0.3) is 5.56 Å². The van der Waals surface area contributed by atoms with E-state index in [4.69, 9.17) is 9.26 Å². The summed E-state index contributed by atoms with van der Waals surface area (Å²) in [6.07, 6.45) is 1.87. The first kappa shape index (κ1) is 18.0. The van der Waals surface area contributed by atoms with Crippen molar-refractivity contribution < 1.29 is 18.4 Å². The van der Waals surface area contributed by atoms with E-state index in [-0.39, 0.29) is 36.7 Å². The van der Waals surface area contributed by atoms with E-state index < -0.39 is 5.97 Å². The third-order valence-electron chi connectivity index (χ3n) is 3.85. The quantitative estimate of drug-likeness (QED) is 0.459. The smallest absolute Gasteiger partial charge is 0.306 e. The normalized spacial score (nSPS) is 11.0. The number of halogens is 1. The van der Waals surface area contributed by atoms with Crippen molar-refractivity contribution in [1.82, 2.24) is 19.5 Å². The number of rotatable bonds is 6. The van der Waals surface area contributed by atoms with Crippen LogP contribution in [0.3, 0.4) is 0 Å². The molecular formula is C18H13FN4O4S. The van der Waals surface area contributed by atoms with Crippen LogP contribution >= 0.6 is 11.3 Å². The van der Waals surface area contributed by atoms with Gasteiger partial charge in [-0.1, -0.05) is 5.16 Å². The van der Waals surface area contributed by atoms with E-state index in [9.17, 15) is 14.0 Å². The van der Waals surface area contributed by atoms with Gasteiger partial charge in [-0.25, -0.2) is 9.37 Å². The molecule has 0 fully saturated rings. The molecule has 0 amide bonds. The van der Waals surface area contributed by atoms with Gasteiger partial charge in [0, 0.05) is 29.6 Å². The number of esters is 1. The molecule has 0 atom stereocenters. The number of aryl methyl sites for hydroxylation is 1. The molecule has 4 aromatic rings. The van der Waals surface area contributed by atoms with Gasteiger partial charge in [-0.15, -0.1) is 11.3 Å². The van der Waals surface area contributed by atoms with E-state index in [0.29, 0.717) is 22.0 Å². The van der Waals surface area contributed by atoms with Crippen LogP contribution in [-0.2, 0) is 22.6 Å². The largest absolute Gasteiger partial charge is 0.459 e. The Bertz CT molecular complexity index is 1180. The van der Waals surface area contributed by atoms with Crippen LogP contribution in [-0.4, -0.2) is 25.5 Å². The summed E-state index contributed by atoms with van der Waals surface area (Å²) in [7, 11) is 0. The fourth-order valence-electron chi connectivity index (χ4n) is 2.47. The fraction of sp³-hybridized carbons (Fsp3) is 0.167. The van der Waals surface area contributed by atoms with E-state index in [0.717, 1.165) is 0 Å². The van der Waals surface area contributed by atoms with Crippen LogP contribution in [0.4, 0.5) is 4.39 Å². The van der Waals surface area contributed by atoms with Crippen molar-refractivity contribution in [1.29, 1.82) is 0 Å². The second kappa shape index (κ2) is 7.69. The van der Waals surface area contributed by atoms with Gasteiger partial charge < -0.3 is 9.26 Å². The van der Waals surface area contributed by atoms with Crippen LogP contribution in [0.2, 0.25) is 0 Å². The molecule has 3 heterocycles. The molecule has 3 aromatic heterocycles. The molecule has 142 valence electrons. The Labute approximate surface area is 161 Å². The predicted octanol–water partition coefficient (Wildman–Crippen LogP) is 2.62. The molecule has 0 unspecified atom stereocenters. The van der Waals surface area contributed by atoms with Crippen molar-refractivity contribution in [3.05, 3.63) is 69.7 Å². The second-order valence-electron chi connectivity index (χ2n) is 5.82. The third kappa shape index (κ3) is 3.96. The minimum Gasteiger partial charge on any atom is -0.459 e. The SMILES string of the molecule is O=C(CCc1nc(-c2ccc(F)cc2)no1)OCc1cc(=O)n2ccsc2n1. The maximum absolute atomic E-state index is 13.0. The number of carbonyl (C=O) groups excluding carboxylic acids is 1. The fourth-order valence-corrected chi connectivity index (χ4v) is 3.21. The highest BCUT2D eigenvalue weighted by Crippen LogP contribution is 2.16. The summed E-state index contributed by atoms with van der Waals surface area (Å²) in [5.41, 5.74) is 0.772. The average Bonchev–Trinajstić information content (AvgIpc) is 3.35. The molecule has 0 saturated carbocycles. The molecular weight excluding hydrogens is 387 g/mol. The number of carbonyl (C=O) groups is 1. The highest BCUT2D eigenvalue weighted by Gasteiger charge is 2.12. The van der Waals surface area contributed by atoms with Crippen LogP contribution in [0.25, 0.3) is 16.3 Å². The zero-order valence-corrected chi connectivity index (χ0v) is 15.2. The predicted molar refractivity (Wildman–Crippen MR) is 97.1 cm³/mol. The monoisotopic (exact) mass is 400 g/mol. The maximum Gasteiger partial charge on any atom is 0.306 e. The van der Waals surface area contributed by atoms with Crippen LogP contribution < -0.4 is 5.56 Å². The molecule has 28 heavy (non-hydrogen) atoms. The molecule has 10 heteroatoms. The topological polar surface area (TPSA) is 99.6 Å². The highest BCUT2D eigenvalue weighted by atomic mass is 32.1. The van der Waals surface area contributed by atoms with Gasteiger partial charge in [0.2, 0.25) is 11.7 Å². The third-order valence-corrected chi connectivity index (χ3v) is 4.61. The molecule has 0 aliphatic rings. The van der Waals surface area contributed by atoms with Gasteiger partial charge in [-0.3, -0.25) is 14.0 Å². The number of thiazole rings is 1. The Balaban J connectivity index is 1.32. The first-order chi connectivity index (χ1) is 13.6. The van der Waals surface area contributed by atoms with Gasteiger partial charge in [0.1, 0.15) is 12.4 Å². The number of nitrogens with zero attached hydrogens (tertiary/aromatic N) is 4. The Morgan fingerprint density at radius 3 is 2.89 bits per heavy atom.